The number of amides is 1. The first-order valence-corrected chi connectivity index (χ1v) is 12.6. The Bertz CT molecular complexity index is 937. The first kappa shape index (κ1) is 23.6. The zero-order chi connectivity index (χ0) is 21.6. The summed E-state index contributed by atoms with van der Waals surface area (Å²) >= 11 is 7.57. The average molecular weight is 455 g/mol. The number of thioether (sulfide) groups is 1. The van der Waals surface area contributed by atoms with Crippen LogP contribution in [0.2, 0.25) is 5.02 Å². The fourth-order valence-electron chi connectivity index (χ4n) is 3.15. The van der Waals surface area contributed by atoms with E-state index in [-0.39, 0.29) is 12.5 Å². The van der Waals surface area contributed by atoms with Crippen molar-refractivity contribution in [2.45, 2.75) is 26.5 Å². The maximum absolute atomic E-state index is 12.4. The fourth-order valence-corrected chi connectivity index (χ4v) is 5.06. The number of rotatable bonds is 9. The van der Waals surface area contributed by atoms with Crippen LogP contribution in [-0.2, 0) is 20.6 Å². The minimum Gasteiger partial charge on any atom is -0.354 e. The van der Waals surface area contributed by atoms with Crippen molar-refractivity contribution in [3.63, 3.8) is 0 Å². The van der Waals surface area contributed by atoms with E-state index in [9.17, 15) is 13.2 Å². The molecule has 0 atom stereocenters. The summed E-state index contributed by atoms with van der Waals surface area (Å²) in [7, 11) is -3.59. The van der Waals surface area contributed by atoms with E-state index >= 15 is 0 Å². The molecule has 0 radical (unpaired) electrons. The predicted octanol–water partition coefficient (Wildman–Crippen LogP) is 4.08. The van der Waals surface area contributed by atoms with Crippen molar-refractivity contribution in [2.24, 2.45) is 0 Å². The zero-order valence-corrected chi connectivity index (χ0v) is 19.5. The van der Waals surface area contributed by atoms with E-state index in [2.05, 4.69) is 5.32 Å². The number of carbonyl (C=O) groups excluding carboxylic acids is 1. The van der Waals surface area contributed by atoms with Gasteiger partial charge >= 0.3 is 0 Å². The molecule has 8 heteroatoms. The van der Waals surface area contributed by atoms with Crippen LogP contribution in [0.5, 0.6) is 0 Å². The van der Waals surface area contributed by atoms with E-state index in [1.54, 1.807) is 11.8 Å². The molecule has 0 bridgehead atoms. The summed E-state index contributed by atoms with van der Waals surface area (Å²) in [6, 6.07) is 11.5. The molecule has 0 aliphatic heterocycles. The number of anilines is 1. The van der Waals surface area contributed by atoms with Crippen LogP contribution in [0.15, 0.2) is 36.4 Å². The van der Waals surface area contributed by atoms with Gasteiger partial charge in [-0.2, -0.15) is 11.8 Å². The number of aryl methyl sites for hydroxylation is 3. The Morgan fingerprint density at radius 3 is 2.24 bits per heavy atom. The third kappa shape index (κ3) is 7.24. The van der Waals surface area contributed by atoms with Gasteiger partial charge in [-0.25, -0.2) is 8.42 Å². The van der Waals surface area contributed by atoms with Crippen LogP contribution in [0.4, 0.5) is 5.69 Å². The summed E-state index contributed by atoms with van der Waals surface area (Å²) in [5, 5.41) is 3.52. The summed E-state index contributed by atoms with van der Waals surface area (Å²) in [4.78, 5) is 12.4. The zero-order valence-electron chi connectivity index (χ0n) is 17.2. The largest absolute Gasteiger partial charge is 0.354 e. The Morgan fingerprint density at radius 2 is 1.69 bits per heavy atom. The normalized spacial score (nSPS) is 11.3. The predicted molar refractivity (Wildman–Crippen MR) is 123 cm³/mol. The van der Waals surface area contributed by atoms with Crippen molar-refractivity contribution in [3.05, 3.63) is 63.7 Å². The van der Waals surface area contributed by atoms with Crippen molar-refractivity contribution in [2.75, 3.05) is 29.4 Å². The Morgan fingerprint density at radius 1 is 1.10 bits per heavy atom. The van der Waals surface area contributed by atoms with Gasteiger partial charge in [-0.1, -0.05) is 41.4 Å². The number of nitrogens with one attached hydrogen (secondary N) is 1. The Labute approximate surface area is 182 Å². The molecule has 0 saturated carbocycles. The van der Waals surface area contributed by atoms with E-state index in [1.165, 1.54) is 9.87 Å². The molecule has 29 heavy (non-hydrogen) atoms. The second kappa shape index (κ2) is 10.4. The Kier molecular flexibility index (Phi) is 8.43. The summed E-state index contributed by atoms with van der Waals surface area (Å²) in [5.74, 6) is 1.24. The van der Waals surface area contributed by atoms with E-state index in [4.69, 9.17) is 11.6 Å². The molecule has 2 rings (SSSR count). The lowest BCUT2D eigenvalue weighted by molar-refractivity contribution is -0.119. The van der Waals surface area contributed by atoms with E-state index < -0.39 is 10.0 Å². The molecule has 2 aromatic carbocycles. The van der Waals surface area contributed by atoms with Crippen LogP contribution >= 0.6 is 23.4 Å². The van der Waals surface area contributed by atoms with Gasteiger partial charge in [0.1, 0.15) is 6.54 Å². The van der Waals surface area contributed by atoms with Crippen LogP contribution in [0.25, 0.3) is 0 Å². The van der Waals surface area contributed by atoms with Crippen molar-refractivity contribution >= 4 is 45.0 Å². The molecule has 0 aromatic heterocycles. The molecule has 0 spiro atoms. The highest BCUT2D eigenvalue weighted by Crippen LogP contribution is 2.28. The molecule has 1 N–H and O–H groups in total. The lowest BCUT2D eigenvalue weighted by atomic mass is 10.1. The molecule has 0 aliphatic carbocycles. The SMILES string of the molecule is Cc1cc(C)c(N(CC(=O)NCCSCc2ccc(Cl)cc2)S(C)(=O)=O)c(C)c1. The Hall–Kier alpha value is -1.70. The molecule has 0 aliphatic rings. The van der Waals surface area contributed by atoms with Crippen molar-refractivity contribution in [3.8, 4) is 0 Å². The van der Waals surface area contributed by atoms with E-state index in [0.717, 1.165) is 34.5 Å². The standard InChI is InChI=1S/C21H27ClN2O3S2/c1-15-11-16(2)21(17(3)12-15)24(29(4,26)27)13-20(25)23-9-10-28-14-18-5-7-19(22)8-6-18/h5-8,11-12H,9-10,13-14H2,1-4H3,(H,23,25). The van der Waals surface area contributed by atoms with Crippen molar-refractivity contribution < 1.29 is 13.2 Å². The molecule has 0 unspecified atom stereocenters. The third-order valence-corrected chi connectivity index (χ3v) is 6.72. The smallest absolute Gasteiger partial charge is 0.240 e. The molecule has 158 valence electrons. The monoisotopic (exact) mass is 454 g/mol. The van der Waals surface area contributed by atoms with E-state index in [0.29, 0.717) is 17.3 Å². The number of nitrogens with zero attached hydrogens (tertiary/aromatic N) is 1. The average Bonchev–Trinajstić information content (AvgIpc) is 2.60. The van der Waals surface area contributed by atoms with Crippen LogP contribution in [0.3, 0.4) is 0 Å². The number of hydrogen-bond acceptors (Lipinski definition) is 4. The first-order valence-electron chi connectivity index (χ1n) is 9.22. The highest BCUT2D eigenvalue weighted by Gasteiger charge is 2.24. The maximum atomic E-state index is 12.4. The summed E-state index contributed by atoms with van der Waals surface area (Å²) < 4.78 is 25.9. The number of carbonyl (C=O) groups is 1. The minimum absolute atomic E-state index is 0.231. The van der Waals surface area contributed by atoms with Gasteiger partial charge in [0.05, 0.1) is 11.9 Å². The lowest BCUT2D eigenvalue weighted by Gasteiger charge is -2.26. The van der Waals surface area contributed by atoms with Gasteiger partial charge in [-0.05, 0) is 49.6 Å². The summed E-state index contributed by atoms with van der Waals surface area (Å²) in [5.41, 5.74) is 4.46. The number of benzene rings is 2. The van der Waals surface area contributed by atoms with Crippen molar-refractivity contribution in [1.29, 1.82) is 0 Å². The van der Waals surface area contributed by atoms with Gasteiger partial charge in [-0.15, -0.1) is 0 Å². The van der Waals surface area contributed by atoms with Crippen LogP contribution < -0.4 is 9.62 Å². The first-order chi connectivity index (χ1) is 13.6. The highest BCUT2D eigenvalue weighted by molar-refractivity contribution is 7.98. The molecular weight excluding hydrogens is 428 g/mol. The molecule has 0 heterocycles. The van der Waals surface area contributed by atoms with Gasteiger partial charge in [-0.3, -0.25) is 9.10 Å². The fraction of sp³-hybridized carbons (Fsp3) is 0.381. The molecule has 0 fully saturated rings. The number of hydrogen-bond donors (Lipinski definition) is 1. The second-order valence-corrected chi connectivity index (χ2v) is 10.5. The van der Waals surface area contributed by atoms with E-state index in [1.807, 2.05) is 57.2 Å². The van der Waals surface area contributed by atoms with Gasteiger partial charge < -0.3 is 5.32 Å². The van der Waals surface area contributed by atoms with Gasteiger partial charge in [0, 0.05) is 23.1 Å². The van der Waals surface area contributed by atoms with Crippen LogP contribution in [-0.4, -0.2) is 39.4 Å². The topological polar surface area (TPSA) is 66.5 Å². The number of sulfonamides is 1. The van der Waals surface area contributed by atoms with Crippen LogP contribution in [0.1, 0.15) is 22.3 Å². The maximum Gasteiger partial charge on any atom is 0.240 e. The van der Waals surface area contributed by atoms with Gasteiger partial charge in [0.2, 0.25) is 15.9 Å². The lowest BCUT2D eigenvalue weighted by Crippen LogP contribution is -2.41. The highest BCUT2D eigenvalue weighted by atomic mass is 35.5. The third-order valence-electron chi connectivity index (χ3n) is 4.32. The van der Waals surface area contributed by atoms with Gasteiger partial charge in [0.25, 0.3) is 0 Å². The Balaban J connectivity index is 1.91. The molecular formula is C21H27ClN2O3S2. The number of halogens is 1. The van der Waals surface area contributed by atoms with Crippen molar-refractivity contribution in [1.82, 2.24) is 5.32 Å². The van der Waals surface area contributed by atoms with Crippen LogP contribution in [0, 0.1) is 20.8 Å². The summed E-state index contributed by atoms with van der Waals surface area (Å²) in [6.07, 6.45) is 1.13. The van der Waals surface area contributed by atoms with Gasteiger partial charge in [0.15, 0.2) is 0 Å². The molecule has 1 amide bonds. The molecule has 2 aromatic rings. The minimum atomic E-state index is -3.59. The quantitative estimate of drug-likeness (QED) is 0.580. The summed E-state index contributed by atoms with van der Waals surface area (Å²) in [6.45, 7) is 5.92. The molecule has 5 nitrogen and oxygen atoms in total. The second-order valence-electron chi connectivity index (χ2n) is 7.05. The molecule has 0 saturated heterocycles.